The van der Waals surface area contributed by atoms with Crippen LogP contribution in [0.15, 0.2) is 59.1 Å². The third-order valence-electron chi connectivity index (χ3n) is 4.81. The number of anilines is 1. The third-order valence-corrected chi connectivity index (χ3v) is 5.53. The fourth-order valence-corrected chi connectivity index (χ4v) is 4.27. The third kappa shape index (κ3) is 2.15. The highest BCUT2D eigenvalue weighted by Gasteiger charge is 2.38. The van der Waals surface area contributed by atoms with E-state index in [-0.39, 0.29) is 0 Å². The predicted molar refractivity (Wildman–Crippen MR) is 93.5 cm³/mol. The first-order valence-electron chi connectivity index (χ1n) is 7.63. The summed E-state index contributed by atoms with van der Waals surface area (Å²) in [4.78, 5) is 0. The van der Waals surface area contributed by atoms with E-state index < -0.39 is 0 Å². The second kappa shape index (κ2) is 5.47. The number of hydrogen-bond donors (Lipinski definition) is 1. The molecule has 1 N–H and O–H groups in total. The quantitative estimate of drug-likeness (QED) is 0.739. The lowest BCUT2D eigenvalue weighted by Gasteiger charge is -2.38. The van der Waals surface area contributed by atoms with Crippen molar-refractivity contribution in [3.63, 3.8) is 0 Å². The molecule has 0 saturated heterocycles. The van der Waals surface area contributed by atoms with E-state index in [2.05, 4.69) is 69.8 Å². The number of hydrogen-bond acceptors (Lipinski definition) is 2. The number of allylic oxidation sites excluding steroid dienone is 2. The van der Waals surface area contributed by atoms with Gasteiger partial charge in [0.05, 0.1) is 13.2 Å². The Morgan fingerprint density at radius 3 is 2.82 bits per heavy atom. The van der Waals surface area contributed by atoms with Crippen LogP contribution >= 0.6 is 15.9 Å². The maximum absolute atomic E-state index is 5.40. The van der Waals surface area contributed by atoms with Crippen LogP contribution < -0.4 is 10.1 Å². The normalized spacial score (nSPS) is 25.3. The topological polar surface area (TPSA) is 21.3 Å². The molecule has 4 rings (SSSR count). The van der Waals surface area contributed by atoms with Crippen molar-refractivity contribution in [2.24, 2.45) is 5.92 Å². The minimum absolute atomic E-state index is 0.330. The van der Waals surface area contributed by atoms with Gasteiger partial charge < -0.3 is 10.1 Å². The minimum Gasteiger partial charge on any atom is -0.497 e. The fourth-order valence-electron chi connectivity index (χ4n) is 3.73. The van der Waals surface area contributed by atoms with Gasteiger partial charge >= 0.3 is 0 Å². The molecule has 0 unspecified atom stereocenters. The Morgan fingerprint density at radius 2 is 2.00 bits per heavy atom. The highest BCUT2D eigenvalue weighted by molar-refractivity contribution is 9.10. The van der Waals surface area contributed by atoms with Crippen LogP contribution in [0.3, 0.4) is 0 Å². The molecule has 1 heterocycles. The van der Waals surface area contributed by atoms with Gasteiger partial charge in [0.25, 0.3) is 0 Å². The Kier molecular flexibility index (Phi) is 3.45. The van der Waals surface area contributed by atoms with Gasteiger partial charge in [-0.1, -0.05) is 46.3 Å². The van der Waals surface area contributed by atoms with E-state index in [1.807, 2.05) is 6.07 Å². The Hall–Kier alpha value is -1.74. The zero-order chi connectivity index (χ0) is 15.1. The highest BCUT2D eigenvalue weighted by Crippen LogP contribution is 2.51. The van der Waals surface area contributed by atoms with E-state index in [1.54, 1.807) is 7.11 Å². The molecule has 0 bridgehead atoms. The van der Waals surface area contributed by atoms with Crippen molar-refractivity contribution in [3.8, 4) is 5.75 Å². The summed E-state index contributed by atoms with van der Waals surface area (Å²) in [7, 11) is 1.73. The number of fused-ring (bicyclic) bond motifs is 3. The standard InChI is InChI=1S/C19H18BrNO/c1-22-12-9-10-18-16(11-12)13-6-4-7-14(13)19(21-18)15-5-2-3-8-17(15)20/h2-6,8-11,13-14,19,21H,7H2,1H3/t13-,14+,19-/m1/s1. The van der Waals surface area contributed by atoms with E-state index in [9.17, 15) is 0 Å². The lowest BCUT2D eigenvalue weighted by atomic mass is 9.77. The summed E-state index contributed by atoms with van der Waals surface area (Å²) < 4.78 is 6.58. The van der Waals surface area contributed by atoms with E-state index >= 15 is 0 Å². The summed E-state index contributed by atoms with van der Waals surface area (Å²) in [5.41, 5.74) is 3.90. The second-order valence-corrected chi connectivity index (χ2v) is 6.80. The molecular weight excluding hydrogens is 338 g/mol. The van der Waals surface area contributed by atoms with Crippen molar-refractivity contribution >= 4 is 21.6 Å². The molecule has 112 valence electrons. The van der Waals surface area contributed by atoms with Gasteiger partial charge in [-0.2, -0.15) is 0 Å². The lowest BCUT2D eigenvalue weighted by Crippen LogP contribution is -2.29. The molecule has 0 aromatic heterocycles. The first kappa shape index (κ1) is 13.9. The summed E-state index contributed by atoms with van der Waals surface area (Å²) in [5.74, 6) is 1.95. The Morgan fingerprint density at radius 1 is 1.14 bits per heavy atom. The molecule has 2 aliphatic rings. The van der Waals surface area contributed by atoms with Crippen LogP contribution in [0.2, 0.25) is 0 Å². The Labute approximate surface area is 139 Å². The SMILES string of the molecule is COc1ccc2c(c1)[C@@H]1C=CC[C@@H]1[C@H](c1ccccc1Br)N2. The van der Waals surface area contributed by atoms with Crippen LogP contribution in [0.25, 0.3) is 0 Å². The largest absolute Gasteiger partial charge is 0.497 e. The molecule has 1 aliphatic heterocycles. The first-order valence-corrected chi connectivity index (χ1v) is 8.43. The molecule has 2 aromatic carbocycles. The van der Waals surface area contributed by atoms with Crippen molar-refractivity contribution < 1.29 is 4.74 Å². The average Bonchev–Trinajstić information content (AvgIpc) is 3.04. The van der Waals surface area contributed by atoms with E-state index in [1.165, 1.54) is 21.3 Å². The fraction of sp³-hybridized carbons (Fsp3) is 0.263. The van der Waals surface area contributed by atoms with Crippen molar-refractivity contribution in [3.05, 3.63) is 70.2 Å². The van der Waals surface area contributed by atoms with Gasteiger partial charge in [0.1, 0.15) is 5.75 Å². The van der Waals surface area contributed by atoms with Crippen LogP contribution in [0.5, 0.6) is 5.75 Å². The summed E-state index contributed by atoms with van der Waals surface area (Å²) >= 11 is 3.71. The van der Waals surface area contributed by atoms with Crippen LogP contribution in [0.1, 0.15) is 29.5 Å². The zero-order valence-electron chi connectivity index (χ0n) is 12.4. The van der Waals surface area contributed by atoms with Crippen molar-refractivity contribution in [1.82, 2.24) is 0 Å². The molecule has 0 amide bonds. The zero-order valence-corrected chi connectivity index (χ0v) is 14.0. The molecule has 2 nitrogen and oxygen atoms in total. The molecule has 0 fully saturated rings. The maximum Gasteiger partial charge on any atom is 0.119 e. The Bertz CT molecular complexity index is 740. The highest BCUT2D eigenvalue weighted by atomic mass is 79.9. The molecule has 3 heteroatoms. The summed E-state index contributed by atoms with van der Waals surface area (Å²) in [5, 5.41) is 3.75. The van der Waals surface area contributed by atoms with Gasteiger partial charge in [-0.15, -0.1) is 0 Å². The number of methoxy groups -OCH3 is 1. The second-order valence-electron chi connectivity index (χ2n) is 5.95. The van der Waals surface area contributed by atoms with Crippen molar-refractivity contribution in [2.75, 3.05) is 12.4 Å². The number of rotatable bonds is 2. The molecule has 0 radical (unpaired) electrons. The van der Waals surface area contributed by atoms with Crippen LogP contribution in [-0.2, 0) is 0 Å². The molecule has 22 heavy (non-hydrogen) atoms. The number of halogens is 1. The molecule has 1 aliphatic carbocycles. The number of nitrogens with one attached hydrogen (secondary N) is 1. The molecule has 0 spiro atoms. The summed E-state index contributed by atoms with van der Waals surface area (Å²) in [6, 6.07) is 15.2. The molecule has 0 saturated carbocycles. The van der Waals surface area contributed by atoms with Gasteiger partial charge in [0.15, 0.2) is 0 Å². The van der Waals surface area contributed by atoms with E-state index in [4.69, 9.17) is 4.74 Å². The van der Waals surface area contributed by atoms with Crippen molar-refractivity contribution in [1.29, 1.82) is 0 Å². The van der Waals surface area contributed by atoms with Gasteiger partial charge in [-0.3, -0.25) is 0 Å². The van der Waals surface area contributed by atoms with E-state index in [0.29, 0.717) is 17.9 Å². The first-order chi connectivity index (χ1) is 10.8. The number of ether oxygens (including phenoxy) is 1. The maximum atomic E-state index is 5.40. The average molecular weight is 356 g/mol. The minimum atomic E-state index is 0.330. The smallest absolute Gasteiger partial charge is 0.119 e. The Balaban J connectivity index is 1.80. The van der Waals surface area contributed by atoms with Crippen LogP contribution in [-0.4, -0.2) is 7.11 Å². The van der Waals surface area contributed by atoms with Crippen molar-refractivity contribution in [2.45, 2.75) is 18.4 Å². The summed E-state index contributed by atoms with van der Waals surface area (Å²) in [6.07, 6.45) is 5.78. The molecular formula is C19H18BrNO. The van der Waals surface area contributed by atoms with Gasteiger partial charge in [0, 0.05) is 16.1 Å². The predicted octanol–water partition coefficient (Wildman–Crippen LogP) is 5.28. The molecule has 3 atom stereocenters. The molecule has 2 aromatic rings. The monoisotopic (exact) mass is 355 g/mol. The van der Waals surface area contributed by atoms with Gasteiger partial charge in [-0.25, -0.2) is 0 Å². The van der Waals surface area contributed by atoms with Crippen LogP contribution in [0, 0.1) is 5.92 Å². The van der Waals surface area contributed by atoms with E-state index in [0.717, 1.165) is 12.2 Å². The lowest BCUT2D eigenvalue weighted by molar-refractivity contribution is 0.405. The van der Waals surface area contributed by atoms with Gasteiger partial charge in [-0.05, 0) is 47.7 Å². The number of benzene rings is 2. The van der Waals surface area contributed by atoms with Crippen LogP contribution in [0.4, 0.5) is 5.69 Å². The summed E-state index contributed by atoms with van der Waals surface area (Å²) in [6.45, 7) is 0. The van der Waals surface area contributed by atoms with Gasteiger partial charge in [0.2, 0.25) is 0 Å².